The monoisotopic (exact) mass is 312 g/mol. The van der Waals surface area contributed by atoms with Crippen molar-refractivity contribution < 1.29 is 14.4 Å². The summed E-state index contributed by atoms with van der Waals surface area (Å²) in [7, 11) is 1.78. The lowest BCUT2D eigenvalue weighted by Crippen LogP contribution is -2.31. The Morgan fingerprint density at radius 1 is 1.17 bits per heavy atom. The molecule has 3 amide bonds. The topological polar surface area (TPSA) is 84.3 Å². The van der Waals surface area contributed by atoms with Crippen LogP contribution in [0.2, 0.25) is 0 Å². The number of carbonyl (C=O) groups excluding carboxylic acids is 3. The third kappa shape index (κ3) is 2.85. The SMILES string of the molecule is Cn1ccnc1NC(=O)CCCN1C(=O)c2ccccc2C1=O. The smallest absolute Gasteiger partial charge is 0.261 e. The summed E-state index contributed by atoms with van der Waals surface area (Å²) >= 11 is 0. The van der Waals surface area contributed by atoms with Crippen LogP contribution in [0.3, 0.4) is 0 Å². The average Bonchev–Trinajstić information content (AvgIpc) is 3.04. The van der Waals surface area contributed by atoms with Crippen LogP contribution in [-0.4, -0.2) is 38.7 Å². The van der Waals surface area contributed by atoms with Crippen LogP contribution in [-0.2, 0) is 11.8 Å². The quantitative estimate of drug-likeness (QED) is 0.847. The number of hydrogen-bond acceptors (Lipinski definition) is 4. The van der Waals surface area contributed by atoms with E-state index in [1.54, 1.807) is 48.3 Å². The van der Waals surface area contributed by atoms with Crippen molar-refractivity contribution in [3.63, 3.8) is 0 Å². The van der Waals surface area contributed by atoms with Gasteiger partial charge in [0.1, 0.15) is 0 Å². The zero-order valence-corrected chi connectivity index (χ0v) is 12.7. The first-order valence-electron chi connectivity index (χ1n) is 7.30. The fraction of sp³-hybridized carbons (Fsp3) is 0.250. The third-order valence-electron chi connectivity index (χ3n) is 3.74. The molecule has 0 bridgehead atoms. The van der Waals surface area contributed by atoms with E-state index in [9.17, 15) is 14.4 Å². The molecule has 2 heterocycles. The summed E-state index contributed by atoms with van der Waals surface area (Å²) in [6.45, 7) is 0.223. The summed E-state index contributed by atoms with van der Waals surface area (Å²) < 4.78 is 1.70. The van der Waals surface area contributed by atoms with E-state index in [1.165, 1.54) is 4.90 Å². The van der Waals surface area contributed by atoms with Gasteiger partial charge in [-0.25, -0.2) is 4.98 Å². The van der Waals surface area contributed by atoms with Gasteiger partial charge in [-0.15, -0.1) is 0 Å². The first-order valence-corrected chi connectivity index (χ1v) is 7.30. The maximum Gasteiger partial charge on any atom is 0.261 e. The van der Waals surface area contributed by atoms with E-state index in [2.05, 4.69) is 10.3 Å². The molecule has 0 fully saturated rings. The molecule has 1 N–H and O–H groups in total. The Balaban J connectivity index is 1.54. The van der Waals surface area contributed by atoms with Crippen LogP contribution in [0.5, 0.6) is 0 Å². The molecule has 1 aromatic heterocycles. The van der Waals surface area contributed by atoms with Crippen LogP contribution in [0.4, 0.5) is 5.95 Å². The molecule has 7 nitrogen and oxygen atoms in total. The van der Waals surface area contributed by atoms with E-state index in [1.807, 2.05) is 0 Å². The van der Waals surface area contributed by atoms with Gasteiger partial charge in [-0.05, 0) is 18.6 Å². The molecule has 23 heavy (non-hydrogen) atoms. The number of hydrogen-bond donors (Lipinski definition) is 1. The lowest BCUT2D eigenvalue weighted by atomic mass is 10.1. The summed E-state index contributed by atoms with van der Waals surface area (Å²) in [5.41, 5.74) is 0.852. The fourth-order valence-electron chi connectivity index (χ4n) is 2.51. The highest BCUT2D eigenvalue weighted by Crippen LogP contribution is 2.22. The third-order valence-corrected chi connectivity index (χ3v) is 3.74. The zero-order chi connectivity index (χ0) is 16.4. The number of benzene rings is 1. The number of aromatic nitrogens is 2. The molecule has 0 atom stereocenters. The van der Waals surface area contributed by atoms with Crippen LogP contribution in [0.25, 0.3) is 0 Å². The van der Waals surface area contributed by atoms with Crippen LogP contribution in [0, 0.1) is 0 Å². The summed E-state index contributed by atoms with van der Waals surface area (Å²) in [6, 6.07) is 6.74. The van der Waals surface area contributed by atoms with Crippen molar-refractivity contribution in [3.8, 4) is 0 Å². The summed E-state index contributed by atoms with van der Waals surface area (Å²) in [5, 5.41) is 2.68. The molecule has 0 radical (unpaired) electrons. The fourth-order valence-corrected chi connectivity index (χ4v) is 2.51. The first-order chi connectivity index (χ1) is 11.1. The van der Waals surface area contributed by atoms with Gasteiger partial charge >= 0.3 is 0 Å². The Morgan fingerprint density at radius 2 is 1.83 bits per heavy atom. The Morgan fingerprint density at radius 3 is 2.39 bits per heavy atom. The summed E-state index contributed by atoms with van der Waals surface area (Å²) in [5.74, 6) is -0.322. The molecule has 1 aliphatic rings. The van der Waals surface area contributed by atoms with E-state index in [0.29, 0.717) is 23.5 Å². The number of anilines is 1. The number of fused-ring (bicyclic) bond motifs is 1. The van der Waals surface area contributed by atoms with E-state index >= 15 is 0 Å². The van der Waals surface area contributed by atoms with Gasteiger partial charge in [0.2, 0.25) is 11.9 Å². The van der Waals surface area contributed by atoms with Gasteiger partial charge in [0.15, 0.2) is 0 Å². The van der Waals surface area contributed by atoms with Gasteiger partial charge in [-0.3, -0.25) is 24.6 Å². The minimum absolute atomic E-state index is 0.198. The van der Waals surface area contributed by atoms with E-state index in [4.69, 9.17) is 0 Å². The van der Waals surface area contributed by atoms with Gasteiger partial charge in [0, 0.05) is 32.4 Å². The van der Waals surface area contributed by atoms with Crippen LogP contribution in [0.15, 0.2) is 36.7 Å². The average molecular weight is 312 g/mol. The van der Waals surface area contributed by atoms with Gasteiger partial charge in [-0.2, -0.15) is 0 Å². The predicted octanol–water partition coefficient (Wildman–Crippen LogP) is 1.43. The lowest BCUT2D eigenvalue weighted by Gasteiger charge is -2.13. The van der Waals surface area contributed by atoms with Crippen molar-refractivity contribution in [1.82, 2.24) is 14.5 Å². The second-order valence-corrected chi connectivity index (χ2v) is 5.32. The Bertz CT molecular complexity index is 746. The van der Waals surface area contributed by atoms with Crippen LogP contribution < -0.4 is 5.32 Å². The van der Waals surface area contributed by atoms with Gasteiger partial charge in [-0.1, -0.05) is 12.1 Å². The molecule has 0 unspecified atom stereocenters. The van der Waals surface area contributed by atoms with Crippen LogP contribution >= 0.6 is 0 Å². The Kier molecular flexibility index (Phi) is 3.92. The summed E-state index contributed by atoms with van der Waals surface area (Å²) in [4.78, 5) is 41.4. The molecule has 2 aromatic rings. The van der Waals surface area contributed by atoms with Crippen molar-refractivity contribution in [2.24, 2.45) is 7.05 Å². The normalized spacial score (nSPS) is 13.3. The standard InChI is InChI=1S/C16H16N4O3/c1-19-10-8-17-16(19)18-13(21)7-4-9-20-14(22)11-5-2-3-6-12(11)15(20)23/h2-3,5-6,8,10H,4,7,9H2,1H3,(H,17,18,21). The maximum absolute atomic E-state index is 12.2. The van der Waals surface area contributed by atoms with Crippen molar-refractivity contribution in [2.75, 3.05) is 11.9 Å². The second-order valence-electron chi connectivity index (χ2n) is 5.32. The van der Waals surface area contributed by atoms with E-state index in [0.717, 1.165) is 0 Å². The second kappa shape index (κ2) is 6.04. The Hall–Kier alpha value is -2.96. The maximum atomic E-state index is 12.2. The van der Waals surface area contributed by atoms with Crippen LogP contribution in [0.1, 0.15) is 33.6 Å². The highest BCUT2D eigenvalue weighted by Gasteiger charge is 2.34. The number of nitrogens with zero attached hydrogens (tertiary/aromatic N) is 3. The zero-order valence-electron chi connectivity index (χ0n) is 12.7. The van der Waals surface area contributed by atoms with Gasteiger partial charge in [0.05, 0.1) is 11.1 Å². The summed E-state index contributed by atoms with van der Waals surface area (Å²) in [6.07, 6.45) is 3.94. The molecule has 3 rings (SSSR count). The van der Waals surface area contributed by atoms with Crippen molar-refractivity contribution >= 4 is 23.7 Å². The number of carbonyl (C=O) groups is 3. The van der Waals surface area contributed by atoms with Crippen molar-refractivity contribution in [3.05, 3.63) is 47.8 Å². The molecular weight excluding hydrogens is 296 g/mol. The number of amides is 3. The molecular formula is C16H16N4O3. The van der Waals surface area contributed by atoms with Crippen molar-refractivity contribution in [2.45, 2.75) is 12.8 Å². The minimum Gasteiger partial charge on any atom is -0.320 e. The molecule has 0 spiro atoms. The number of aryl methyl sites for hydroxylation is 1. The highest BCUT2D eigenvalue weighted by atomic mass is 16.2. The number of imidazole rings is 1. The number of nitrogens with one attached hydrogen (secondary N) is 1. The van der Waals surface area contributed by atoms with E-state index < -0.39 is 0 Å². The number of imide groups is 1. The molecule has 118 valence electrons. The largest absolute Gasteiger partial charge is 0.320 e. The number of rotatable bonds is 5. The Labute approximate surface area is 132 Å². The lowest BCUT2D eigenvalue weighted by molar-refractivity contribution is -0.116. The first kappa shape index (κ1) is 15.0. The molecule has 7 heteroatoms. The van der Waals surface area contributed by atoms with Crippen molar-refractivity contribution in [1.29, 1.82) is 0 Å². The van der Waals surface area contributed by atoms with E-state index in [-0.39, 0.29) is 30.7 Å². The molecule has 0 aliphatic carbocycles. The molecule has 1 aliphatic heterocycles. The highest BCUT2D eigenvalue weighted by molar-refractivity contribution is 6.21. The minimum atomic E-state index is -0.296. The predicted molar refractivity (Wildman–Crippen MR) is 82.9 cm³/mol. The van der Waals surface area contributed by atoms with Gasteiger partial charge in [0.25, 0.3) is 11.8 Å². The molecule has 0 saturated heterocycles. The molecule has 0 saturated carbocycles. The molecule has 1 aromatic carbocycles. The van der Waals surface area contributed by atoms with Gasteiger partial charge < -0.3 is 4.57 Å².